The highest BCUT2D eigenvalue weighted by Gasteiger charge is 2.32. The van der Waals surface area contributed by atoms with Crippen LogP contribution in [0.25, 0.3) is 0 Å². The van der Waals surface area contributed by atoms with Gasteiger partial charge in [-0.3, -0.25) is 14.4 Å². The molecular formula is C15H24N2O6. The van der Waals surface area contributed by atoms with Gasteiger partial charge in [0.15, 0.2) is 0 Å². The normalized spacial score (nSPS) is 14.5. The van der Waals surface area contributed by atoms with Crippen molar-refractivity contribution in [1.82, 2.24) is 10.4 Å². The van der Waals surface area contributed by atoms with Crippen molar-refractivity contribution >= 4 is 23.7 Å². The summed E-state index contributed by atoms with van der Waals surface area (Å²) in [6, 6.07) is 0. The first kappa shape index (κ1) is 19.1. The van der Waals surface area contributed by atoms with Crippen LogP contribution >= 0.6 is 0 Å². The Labute approximate surface area is 135 Å². The van der Waals surface area contributed by atoms with Gasteiger partial charge >= 0.3 is 5.97 Å². The van der Waals surface area contributed by atoms with Gasteiger partial charge in [-0.05, 0) is 26.7 Å². The molecule has 1 fully saturated rings. The van der Waals surface area contributed by atoms with E-state index in [9.17, 15) is 19.2 Å². The first-order valence-electron chi connectivity index (χ1n) is 7.85. The monoisotopic (exact) mass is 328 g/mol. The topological polar surface area (TPSA) is 102 Å². The molecule has 130 valence electrons. The van der Waals surface area contributed by atoms with E-state index in [1.807, 2.05) is 13.8 Å². The van der Waals surface area contributed by atoms with Crippen molar-refractivity contribution in [2.24, 2.45) is 0 Å². The molecule has 1 aliphatic heterocycles. The fourth-order valence-electron chi connectivity index (χ4n) is 1.88. The summed E-state index contributed by atoms with van der Waals surface area (Å²) in [5, 5.41) is 3.17. The Kier molecular flexibility index (Phi) is 8.25. The minimum atomic E-state index is -0.769. The van der Waals surface area contributed by atoms with Gasteiger partial charge in [-0.1, -0.05) is 0 Å². The Morgan fingerprint density at radius 3 is 2.39 bits per heavy atom. The van der Waals surface area contributed by atoms with Gasteiger partial charge in [-0.2, -0.15) is 0 Å². The Bertz CT molecular complexity index is 433. The number of rotatable bonds is 10. The summed E-state index contributed by atoms with van der Waals surface area (Å²) in [6.07, 6.45) is 1.71. The van der Waals surface area contributed by atoms with E-state index >= 15 is 0 Å². The molecule has 0 saturated carbocycles. The van der Waals surface area contributed by atoms with Crippen molar-refractivity contribution in [3.63, 3.8) is 0 Å². The largest absolute Gasteiger partial charge is 0.379 e. The number of ether oxygens (including phenoxy) is 1. The van der Waals surface area contributed by atoms with E-state index in [-0.39, 0.29) is 37.7 Å². The molecule has 1 rings (SSSR count). The lowest BCUT2D eigenvalue weighted by atomic mass is 10.3. The molecule has 8 nitrogen and oxygen atoms in total. The molecule has 0 aromatic carbocycles. The molecule has 1 aliphatic rings. The van der Waals surface area contributed by atoms with Crippen molar-refractivity contribution in [2.75, 3.05) is 13.2 Å². The third kappa shape index (κ3) is 7.73. The van der Waals surface area contributed by atoms with E-state index in [2.05, 4.69) is 10.2 Å². The molecule has 3 amide bonds. The third-order valence-corrected chi connectivity index (χ3v) is 3.10. The minimum Gasteiger partial charge on any atom is -0.379 e. The molecule has 0 spiro atoms. The van der Waals surface area contributed by atoms with E-state index in [0.717, 1.165) is 12.8 Å². The zero-order chi connectivity index (χ0) is 17.2. The molecule has 0 aliphatic carbocycles. The maximum atomic E-state index is 11.6. The van der Waals surface area contributed by atoms with Crippen LogP contribution in [0.15, 0.2) is 0 Å². The molecule has 1 saturated heterocycles. The number of carbonyl (C=O) groups excluding carboxylic acids is 4. The van der Waals surface area contributed by atoms with Crippen molar-refractivity contribution in [1.29, 1.82) is 0 Å². The van der Waals surface area contributed by atoms with Gasteiger partial charge in [0.2, 0.25) is 5.91 Å². The molecule has 1 N–H and O–H groups in total. The maximum absolute atomic E-state index is 11.6. The van der Waals surface area contributed by atoms with Crippen molar-refractivity contribution in [2.45, 2.75) is 58.5 Å². The summed E-state index contributed by atoms with van der Waals surface area (Å²) >= 11 is 0. The van der Waals surface area contributed by atoms with Gasteiger partial charge in [0, 0.05) is 32.4 Å². The molecule has 8 heteroatoms. The van der Waals surface area contributed by atoms with E-state index in [1.165, 1.54) is 0 Å². The molecule has 1 heterocycles. The maximum Gasteiger partial charge on any atom is 0.333 e. The smallest absolute Gasteiger partial charge is 0.333 e. The quantitative estimate of drug-likeness (QED) is 0.468. The summed E-state index contributed by atoms with van der Waals surface area (Å²) in [5.74, 6) is -2.10. The van der Waals surface area contributed by atoms with E-state index in [1.54, 1.807) is 0 Å². The molecule has 0 radical (unpaired) electrons. The number of imide groups is 1. The summed E-state index contributed by atoms with van der Waals surface area (Å²) in [6.45, 7) is 5.09. The third-order valence-electron chi connectivity index (χ3n) is 3.10. The lowest BCUT2D eigenvalue weighted by Gasteiger charge is -2.12. The van der Waals surface area contributed by atoms with Crippen LogP contribution in [0.4, 0.5) is 0 Å². The molecule has 0 aromatic heterocycles. The lowest BCUT2D eigenvalue weighted by Crippen LogP contribution is -2.32. The van der Waals surface area contributed by atoms with Crippen LogP contribution in [0.2, 0.25) is 0 Å². The standard InChI is InChI=1S/C15H24N2O6/c1-11(2)22-10-4-3-9-16-12(18)5-8-15(21)23-17-13(19)6-7-14(17)20/h11H,3-10H2,1-2H3,(H,16,18). The highest BCUT2D eigenvalue weighted by atomic mass is 16.7. The van der Waals surface area contributed by atoms with Crippen LogP contribution in [0, 0.1) is 0 Å². The average molecular weight is 328 g/mol. The molecule has 23 heavy (non-hydrogen) atoms. The fraction of sp³-hybridized carbons (Fsp3) is 0.733. The van der Waals surface area contributed by atoms with E-state index in [0.29, 0.717) is 18.2 Å². The second-order valence-corrected chi connectivity index (χ2v) is 5.52. The highest BCUT2D eigenvalue weighted by molar-refractivity contribution is 6.01. The van der Waals surface area contributed by atoms with Crippen molar-refractivity contribution < 1.29 is 28.8 Å². The zero-order valence-electron chi connectivity index (χ0n) is 13.6. The Morgan fingerprint density at radius 2 is 1.78 bits per heavy atom. The van der Waals surface area contributed by atoms with Crippen LogP contribution in [0.5, 0.6) is 0 Å². The van der Waals surface area contributed by atoms with Crippen molar-refractivity contribution in [3.8, 4) is 0 Å². The highest BCUT2D eigenvalue weighted by Crippen LogP contribution is 2.12. The van der Waals surface area contributed by atoms with E-state index in [4.69, 9.17) is 4.74 Å². The first-order valence-corrected chi connectivity index (χ1v) is 7.85. The average Bonchev–Trinajstić information content (AvgIpc) is 2.80. The minimum absolute atomic E-state index is 0.0441. The van der Waals surface area contributed by atoms with Crippen LogP contribution in [0.1, 0.15) is 52.4 Å². The molecule has 0 unspecified atom stereocenters. The van der Waals surface area contributed by atoms with Crippen LogP contribution in [-0.2, 0) is 28.8 Å². The fourth-order valence-corrected chi connectivity index (χ4v) is 1.88. The first-order chi connectivity index (χ1) is 10.9. The number of hydrogen-bond donors (Lipinski definition) is 1. The van der Waals surface area contributed by atoms with Gasteiger partial charge in [-0.15, -0.1) is 5.06 Å². The van der Waals surface area contributed by atoms with Gasteiger partial charge in [-0.25, -0.2) is 4.79 Å². The Morgan fingerprint density at radius 1 is 1.13 bits per heavy atom. The molecular weight excluding hydrogens is 304 g/mol. The number of nitrogens with zero attached hydrogens (tertiary/aromatic N) is 1. The molecule has 0 bridgehead atoms. The number of nitrogens with one attached hydrogen (secondary N) is 1. The predicted molar refractivity (Wildman–Crippen MR) is 79.7 cm³/mol. The lowest BCUT2D eigenvalue weighted by molar-refractivity contribution is -0.197. The summed E-state index contributed by atoms with van der Waals surface area (Å²) in [7, 11) is 0. The predicted octanol–water partition coefficient (Wildman–Crippen LogP) is 0.695. The van der Waals surface area contributed by atoms with Gasteiger partial charge in [0.1, 0.15) is 0 Å². The molecule has 0 atom stereocenters. The number of unbranched alkanes of at least 4 members (excludes halogenated alkanes) is 1. The Hall–Kier alpha value is -1.96. The van der Waals surface area contributed by atoms with Crippen LogP contribution < -0.4 is 5.32 Å². The summed E-state index contributed by atoms with van der Waals surface area (Å²) in [5.41, 5.74) is 0. The number of hydrogen-bond acceptors (Lipinski definition) is 6. The van der Waals surface area contributed by atoms with Gasteiger partial charge < -0.3 is 14.9 Å². The van der Waals surface area contributed by atoms with E-state index < -0.39 is 17.8 Å². The second-order valence-electron chi connectivity index (χ2n) is 5.52. The number of carbonyl (C=O) groups is 4. The van der Waals surface area contributed by atoms with Crippen molar-refractivity contribution in [3.05, 3.63) is 0 Å². The number of amides is 3. The van der Waals surface area contributed by atoms with Crippen LogP contribution in [0.3, 0.4) is 0 Å². The summed E-state index contributed by atoms with van der Waals surface area (Å²) < 4.78 is 5.37. The number of hydroxylamine groups is 2. The Balaban J connectivity index is 2.07. The second kappa shape index (κ2) is 9.94. The SMILES string of the molecule is CC(C)OCCCCNC(=O)CCC(=O)ON1C(=O)CCC1=O. The molecule has 0 aromatic rings. The van der Waals surface area contributed by atoms with Gasteiger partial charge in [0.05, 0.1) is 12.5 Å². The van der Waals surface area contributed by atoms with Crippen LogP contribution in [-0.4, -0.2) is 48.0 Å². The van der Waals surface area contributed by atoms with Gasteiger partial charge in [0.25, 0.3) is 11.8 Å². The summed E-state index contributed by atoms with van der Waals surface area (Å²) in [4.78, 5) is 50.3. The zero-order valence-corrected chi connectivity index (χ0v) is 13.6.